The van der Waals surface area contributed by atoms with E-state index in [1.807, 2.05) is 11.8 Å². The molecule has 1 N–H and O–H groups in total. The highest BCUT2D eigenvalue weighted by Crippen LogP contribution is 2.20. The van der Waals surface area contributed by atoms with Gasteiger partial charge in [0.1, 0.15) is 0 Å². The Balaban J connectivity index is 2.11. The Kier molecular flexibility index (Phi) is 5.04. The normalized spacial score (nSPS) is 30.5. The molecular weight excluding hydrogens is 172 g/mol. The van der Waals surface area contributed by atoms with Crippen LogP contribution in [-0.4, -0.2) is 36.4 Å². The van der Waals surface area contributed by atoms with Crippen LogP contribution >= 0.6 is 11.8 Å². The average molecular weight is 190 g/mol. The second-order valence-electron chi connectivity index (χ2n) is 3.33. The number of thioether (sulfide) groups is 1. The fourth-order valence-corrected chi connectivity index (χ4v) is 2.01. The molecule has 2 unspecified atom stereocenters. The van der Waals surface area contributed by atoms with Crippen molar-refractivity contribution in [3.63, 3.8) is 0 Å². The van der Waals surface area contributed by atoms with Crippen LogP contribution in [0, 0.1) is 5.92 Å². The first-order valence-electron chi connectivity index (χ1n) is 4.59. The zero-order valence-electron chi connectivity index (χ0n) is 7.66. The topological polar surface area (TPSA) is 29.5 Å². The predicted octanol–water partition coefficient (Wildman–Crippen LogP) is 1.53. The van der Waals surface area contributed by atoms with Gasteiger partial charge in [-0.1, -0.05) is 0 Å². The van der Waals surface area contributed by atoms with Crippen LogP contribution in [0.1, 0.15) is 19.3 Å². The minimum Gasteiger partial charge on any atom is -0.393 e. The van der Waals surface area contributed by atoms with E-state index in [0.29, 0.717) is 5.92 Å². The Bertz CT molecular complexity index is 119. The van der Waals surface area contributed by atoms with E-state index in [9.17, 15) is 5.11 Å². The molecule has 1 rings (SSSR count). The van der Waals surface area contributed by atoms with Gasteiger partial charge in [-0.05, 0) is 31.3 Å². The van der Waals surface area contributed by atoms with Crippen LogP contribution in [0.4, 0.5) is 0 Å². The Morgan fingerprint density at radius 1 is 1.58 bits per heavy atom. The number of hydrogen-bond donors (Lipinski definition) is 1. The van der Waals surface area contributed by atoms with E-state index in [-0.39, 0.29) is 6.10 Å². The van der Waals surface area contributed by atoms with Crippen molar-refractivity contribution in [1.82, 2.24) is 0 Å². The van der Waals surface area contributed by atoms with Crippen molar-refractivity contribution in [2.75, 3.05) is 25.2 Å². The van der Waals surface area contributed by atoms with Crippen molar-refractivity contribution in [2.45, 2.75) is 25.4 Å². The molecule has 0 aromatic carbocycles. The third kappa shape index (κ3) is 3.33. The first-order valence-corrected chi connectivity index (χ1v) is 5.98. The maximum absolute atomic E-state index is 9.58. The highest BCUT2D eigenvalue weighted by Gasteiger charge is 2.22. The zero-order valence-corrected chi connectivity index (χ0v) is 8.48. The largest absolute Gasteiger partial charge is 0.393 e. The summed E-state index contributed by atoms with van der Waals surface area (Å²) in [5.41, 5.74) is 0. The molecule has 12 heavy (non-hydrogen) atoms. The van der Waals surface area contributed by atoms with Crippen LogP contribution in [0.2, 0.25) is 0 Å². The van der Waals surface area contributed by atoms with Crippen LogP contribution < -0.4 is 0 Å². The highest BCUT2D eigenvalue weighted by atomic mass is 32.2. The van der Waals surface area contributed by atoms with E-state index in [1.54, 1.807) is 0 Å². The lowest BCUT2D eigenvalue weighted by atomic mass is 9.94. The molecule has 0 aromatic heterocycles. The van der Waals surface area contributed by atoms with Gasteiger partial charge in [0, 0.05) is 12.5 Å². The molecule has 0 bridgehead atoms. The molecule has 1 fully saturated rings. The van der Waals surface area contributed by atoms with Gasteiger partial charge in [-0.25, -0.2) is 0 Å². The molecule has 1 heterocycles. The van der Waals surface area contributed by atoms with E-state index in [1.165, 1.54) is 12.2 Å². The van der Waals surface area contributed by atoms with E-state index < -0.39 is 0 Å². The van der Waals surface area contributed by atoms with E-state index in [2.05, 4.69) is 6.26 Å². The Labute approximate surface area is 78.7 Å². The van der Waals surface area contributed by atoms with Crippen molar-refractivity contribution in [3.8, 4) is 0 Å². The summed E-state index contributed by atoms with van der Waals surface area (Å²) in [7, 11) is 0. The molecule has 2 atom stereocenters. The fourth-order valence-electron chi connectivity index (χ4n) is 1.55. The van der Waals surface area contributed by atoms with Crippen LogP contribution in [0.15, 0.2) is 0 Å². The number of hydrogen-bond acceptors (Lipinski definition) is 3. The van der Waals surface area contributed by atoms with Crippen molar-refractivity contribution >= 4 is 11.8 Å². The third-order valence-corrected chi connectivity index (χ3v) is 3.05. The predicted molar refractivity (Wildman–Crippen MR) is 52.5 cm³/mol. The quantitative estimate of drug-likeness (QED) is 0.682. The first-order chi connectivity index (χ1) is 5.84. The summed E-state index contributed by atoms with van der Waals surface area (Å²) in [5, 5.41) is 9.58. The third-order valence-electron chi connectivity index (χ3n) is 2.36. The van der Waals surface area contributed by atoms with Gasteiger partial charge < -0.3 is 9.84 Å². The van der Waals surface area contributed by atoms with E-state index in [0.717, 1.165) is 26.1 Å². The number of ether oxygens (including phenoxy) is 1. The van der Waals surface area contributed by atoms with Crippen LogP contribution in [-0.2, 0) is 4.74 Å². The monoisotopic (exact) mass is 190 g/mol. The molecule has 1 aliphatic heterocycles. The highest BCUT2D eigenvalue weighted by molar-refractivity contribution is 7.98. The van der Waals surface area contributed by atoms with Gasteiger partial charge >= 0.3 is 0 Å². The van der Waals surface area contributed by atoms with Crippen LogP contribution in [0.3, 0.4) is 0 Å². The molecule has 0 aliphatic carbocycles. The Morgan fingerprint density at radius 3 is 3.08 bits per heavy atom. The SMILES string of the molecule is CSCCCC1COCCC1O. The van der Waals surface area contributed by atoms with Gasteiger partial charge in [0.25, 0.3) is 0 Å². The lowest BCUT2D eigenvalue weighted by Crippen LogP contribution is -2.31. The molecule has 1 saturated heterocycles. The number of aliphatic hydroxyl groups excluding tert-OH is 1. The molecule has 0 radical (unpaired) electrons. The van der Waals surface area contributed by atoms with Crippen molar-refractivity contribution < 1.29 is 9.84 Å². The van der Waals surface area contributed by atoms with E-state index >= 15 is 0 Å². The summed E-state index contributed by atoms with van der Waals surface area (Å²) in [6.07, 6.45) is 5.15. The van der Waals surface area contributed by atoms with Gasteiger partial charge in [-0.2, -0.15) is 11.8 Å². The maximum Gasteiger partial charge on any atom is 0.0612 e. The summed E-state index contributed by atoms with van der Waals surface area (Å²) in [6, 6.07) is 0. The van der Waals surface area contributed by atoms with Gasteiger partial charge in [0.15, 0.2) is 0 Å². The smallest absolute Gasteiger partial charge is 0.0612 e. The molecule has 72 valence electrons. The van der Waals surface area contributed by atoms with Crippen LogP contribution in [0.5, 0.6) is 0 Å². The van der Waals surface area contributed by atoms with Crippen molar-refractivity contribution in [1.29, 1.82) is 0 Å². The van der Waals surface area contributed by atoms with Crippen molar-refractivity contribution in [3.05, 3.63) is 0 Å². The lowest BCUT2D eigenvalue weighted by molar-refractivity contribution is -0.0382. The summed E-state index contributed by atoms with van der Waals surface area (Å²) >= 11 is 1.87. The summed E-state index contributed by atoms with van der Waals surface area (Å²) in [6.45, 7) is 1.50. The van der Waals surface area contributed by atoms with Gasteiger partial charge in [-0.15, -0.1) is 0 Å². The summed E-state index contributed by atoms with van der Waals surface area (Å²) < 4.78 is 5.32. The Morgan fingerprint density at radius 2 is 2.42 bits per heavy atom. The minimum atomic E-state index is -0.111. The molecule has 0 amide bonds. The number of aliphatic hydroxyl groups is 1. The Hall–Kier alpha value is 0.270. The second kappa shape index (κ2) is 5.84. The molecule has 2 nitrogen and oxygen atoms in total. The summed E-state index contributed by atoms with van der Waals surface area (Å²) in [5.74, 6) is 1.59. The zero-order chi connectivity index (χ0) is 8.81. The standard InChI is InChI=1S/C9H18O2S/c1-12-6-2-3-8-7-11-5-4-9(8)10/h8-10H,2-7H2,1H3. The van der Waals surface area contributed by atoms with Gasteiger partial charge in [-0.3, -0.25) is 0 Å². The maximum atomic E-state index is 9.58. The van der Waals surface area contributed by atoms with Crippen molar-refractivity contribution in [2.24, 2.45) is 5.92 Å². The minimum absolute atomic E-state index is 0.111. The first kappa shape index (κ1) is 10.4. The molecule has 0 saturated carbocycles. The fraction of sp³-hybridized carbons (Fsp3) is 1.00. The molecular formula is C9H18O2S. The lowest BCUT2D eigenvalue weighted by Gasteiger charge is -2.27. The molecule has 0 spiro atoms. The molecule has 1 aliphatic rings. The van der Waals surface area contributed by atoms with Gasteiger partial charge in [0.05, 0.1) is 12.7 Å². The molecule has 0 aromatic rings. The second-order valence-corrected chi connectivity index (χ2v) is 4.31. The van der Waals surface area contributed by atoms with Crippen LogP contribution in [0.25, 0.3) is 0 Å². The average Bonchev–Trinajstić information content (AvgIpc) is 2.09. The van der Waals surface area contributed by atoms with Gasteiger partial charge in [0.2, 0.25) is 0 Å². The number of rotatable bonds is 4. The summed E-state index contributed by atoms with van der Waals surface area (Å²) in [4.78, 5) is 0. The van der Waals surface area contributed by atoms with E-state index in [4.69, 9.17) is 4.74 Å². The molecule has 3 heteroatoms.